The normalized spacial score (nSPS) is 10.4. The van der Waals surface area contributed by atoms with Gasteiger partial charge in [0.2, 0.25) is 0 Å². The first kappa shape index (κ1) is 7.37. The van der Waals surface area contributed by atoms with Crippen LogP contribution in [0.3, 0.4) is 0 Å². The van der Waals surface area contributed by atoms with Crippen molar-refractivity contribution < 1.29 is 0 Å². The summed E-state index contributed by atoms with van der Waals surface area (Å²) in [5.74, 6) is 0. The molecule has 0 spiro atoms. The summed E-state index contributed by atoms with van der Waals surface area (Å²) in [5, 5.41) is 8.86. The van der Waals surface area contributed by atoms with Gasteiger partial charge in [0.05, 0.1) is 0 Å². The van der Waals surface area contributed by atoms with Crippen molar-refractivity contribution in [2.75, 3.05) is 0 Å². The lowest BCUT2D eigenvalue weighted by atomic mass is 10.2. The molecule has 0 atom stereocenters. The first-order valence-electron chi connectivity index (χ1n) is 3.58. The molecule has 2 aromatic rings. The Balaban J connectivity index is 2.81. The second kappa shape index (κ2) is 2.64. The fourth-order valence-electron chi connectivity index (χ4n) is 1.24. The topological polar surface area (TPSA) is 39.6 Å². The van der Waals surface area contributed by atoms with Gasteiger partial charge in [-0.1, -0.05) is 17.7 Å². The summed E-state index contributed by atoms with van der Waals surface area (Å²) in [6.07, 6.45) is 3.13. The Morgan fingerprint density at radius 1 is 1.42 bits per heavy atom. The van der Waals surface area contributed by atoms with E-state index in [2.05, 4.69) is 4.98 Å². The number of H-pyrrole nitrogens is 1. The highest BCUT2D eigenvalue weighted by atomic mass is 35.5. The van der Waals surface area contributed by atoms with Crippen molar-refractivity contribution in [1.29, 1.82) is 5.41 Å². The van der Waals surface area contributed by atoms with Crippen molar-refractivity contribution >= 4 is 28.7 Å². The first-order valence-corrected chi connectivity index (χ1v) is 3.96. The van der Waals surface area contributed by atoms with Crippen LogP contribution >= 0.6 is 11.6 Å². The van der Waals surface area contributed by atoms with Crippen molar-refractivity contribution in [2.24, 2.45) is 0 Å². The maximum absolute atomic E-state index is 7.12. The molecule has 1 aromatic carbocycles. The number of nitrogens with one attached hydrogen (secondary N) is 2. The zero-order valence-corrected chi connectivity index (χ0v) is 7.02. The molecule has 0 saturated carbocycles. The molecule has 0 aliphatic heterocycles. The van der Waals surface area contributed by atoms with E-state index in [1.54, 1.807) is 6.20 Å². The number of halogens is 1. The summed E-state index contributed by atoms with van der Waals surface area (Å²) < 4.78 is 0. The second-order valence-electron chi connectivity index (χ2n) is 2.58. The van der Waals surface area contributed by atoms with Gasteiger partial charge in [0.1, 0.15) is 0 Å². The third-order valence-corrected chi connectivity index (χ3v) is 2.07. The van der Waals surface area contributed by atoms with Crippen LogP contribution in [-0.2, 0) is 0 Å². The molecule has 0 amide bonds. The van der Waals surface area contributed by atoms with E-state index in [0.29, 0.717) is 5.02 Å². The highest BCUT2D eigenvalue weighted by molar-refractivity contribution is 6.31. The summed E-state index contributed by atoms with van der Waals surface area (Å²) in [6, 6.07) is 5.59. The van der Waals surface area contributed by atoms with Gasteiger partial charge in [-0.05, 0) is 12.1 Å². The van der Waals surface area contributed by atoms with Gasteiger partial charge in [-0.25, -0.2) is 0 Å². The Labute approximate surface area is 74.7 Å². The van der Waals surface area contributed by atoms with Crippen LogP contribution in [0.4, 0.5) is 0 Å². The molecule has 0 bridgehead atoms. The Kier molecular flexibility index (Phi) is 1.62. The van der Waals surface area contributed by atoms with E-state index in [1.807, 2.05) is 18.2 Å². The molecule has 1 heterocycles. The summed E-state index contributed by atoms with van der Waals surface area (Å²) in [6.45, 7) is 0. The minimum absolute atomic E-state index is 0.709. The van der Waals surface area contributed by atoms with E-state index in [-0.39, 0.29) is 0 Å². The molecule has 0 aliphatic rings. The molecule has 12 heavy (non-hydrogen) atoms. The Hall–Kier alpha value is -1.28. The summed E-state index contributed by atoms with van der Waals surface area (Å²) in [4.78, 5) is 3.04. The van der Waals surface area contributed by atoms with E-state index in [4.69, 9.17) is 17.0 Å². The van der Waals surface area contributed by atoms with Crippen molar-refractivity contribution in [3.8, 4) is 0 Å². The molecule has 0 fully saturated rings. The lowest BCUT2D eigenvalue weighted by molar-refractivity contribution is 1.46. The number of fused-ring (bicyclic) bond motifs is 1. The van der Waals surface area contributed by atoms with Gasteiger partial charge in [-0.2, -0.15) is 0 Å². The Morgan fingerprint density at radius 2 is 2.25 bits per heavy atom. The Bertz CT molecular complexity index is 431. The fraction of sp³-hybridized carbons (Fsp3) is 0. The number of aromatic amines is 1. The molecule has 3 heteroatoms. The summed E-state index contributed by atoms with van der Waals surface area (Å²) >= 11 is 5.79. The molecule has 1 aromatic heterocycles. The van der Waals surface area contributed by atoms with Gasteiger partial charge in [-0.3, -0.25) is 0 Å². The van der Waals surface area contributed by atoms with Crippen LogP contribution in [0.2, 0.25) is 5.02 Å². The highest BCUT2D eigenvalue weighted by Crippen LogP contribution is 2.20. The quantitative estimate of drug-likeness (QED) is 0.631. The zero-order chi connectivity index (χ0) is 8.55. The number of aromatic nitrogens is 1. The average molecular weight is 179 g/mol. The van der Waals surface area contributed by atoms with Crippen LogP contribution in [0.15, 0.2) is 24.4 Å². The summed E-state index contributed by atoms with van der Waals surface area (Å²) in [7, 11) is 0. The van der Waals surface area contributed by atoms with Crippen LogP contribution in [-0.4, -0.2) is 11.2 Å². The SMILES string of the molecule is N=Cc1c[nH]c2cc(Cl)ccc12. The van der Waals surface area contributed by atoms with Crippen LogP contribution < -0.4 is 0 Å². The predicted molar refractivity (Wildman–Crippen MR) is 51.2 cm³/mol. The monoisotopic (exact) mass is 178 g/mol. The molecule has 2 rings (SSSR count). The lowest BCUT2D eigenvalue weighted by Gasteiger charge is -1.91. The van der Waals surface area contributed by atoms with Gasteiger partial charge in [0.25, 0.3) is 0 Å². The fourth-order valence-corrected chi connectivity index (χ4v) is 1.41. The van der Waals surface area contributed by atoms with Crippen LogP contribution in [0.25, 0.3) is 10.9 Å². The third-order valence-electron chi connectivity index (χ3n) is 1.83. The molecule has 0 aliphatic carbocycles. The highest BCUT2D eigenvalue weighted by Gasteiger charge is 2.00. The average Bonchev–Trinajstić information content (AvgIpc) is 2.46. The minimum atomic E-state index is 0.709. The van der Waals surface area contributed by atoms with Crippen molar-refractivity contribution in [2.45, 2.75) is 0 Å². The van der Waals surface area contributed by atoms with E-state index >= 15 is 0 Å². The van der Waals surface area contributed by atoms with E-state index in [1.165, 1.54) is 6.21 Å². The first-order chi connectivity index (χ1) is 5.81. The maximum atomic E-state index is 7.12. The van der Waals surface area contributed by atoms with Crippen molar-refractivity contribution in [3.05, 3.63) is 35.0 Å². The third kappa shape index (κ3) is 1.01. The smallest absolute Gasteiger partial charge is 0.0475 e. The molecule has 2 nitrogen and oxygen atoms in total. The van der Waals surface area contributed by atoms with Gasteiger partial charge >= 0.3 is 0 Å². The Morgan fingerprint density at radius 3 is 3.00 bits per heavy atom. The predicted octanol–water partition coefficient (Wildman–Crippen LogP) is 2.82. The second-order valence-corrected chi connectivity index (χ2v) is 3.01. The van der Waals surface area contributed by atoms with Gasteiger partial charge in [0, 0.05) is 33.9 Å². The van der Waals surface area contributed by atoms with Crippen LogP contribution in [0, 0.1) is 5.41 Å². The van der Waals surface area contributed by atoms with Crippen molar-refractivity contribution in [1.82, 2.24) is 4.98 Å². The number of hydrogen-bond donors (Lipinski definition) is 2. The van der Waals surface area contributed by atoms with E-state index in [9.17, 15) is 0 Å². The van der Waals surface area contributed by atoms with Crippen LogP contribution in [0.5, 0.6) is 0 Å². The molecule has 0 saturated heterocycles. The van der Waals surface area contributed by atoms with Crippen LogP contribution in [0.1, 0.15) is 5.56 Å². The zero-order valence-electron chi connectivity index (χ0n) is 6.26. The van der Waals surface area contributed by atoms with Gasteiger partial charge in [-0.15, -0.1) is 0 Å². The molecular formula is C9H7ClN2. The van der Waals surface area contributed by atoms with Gasteiger partial charge < -0.3 is 10.4 Å². The number of rotatable bonds is 1. The number of hydrogen-bond acceptors (Lipinski definition) is 1. The minimum Gasteiger partial charge on any atom is -0.360 e. The molecule has 0 radical (unpaired) electrons. The lowest BCUT2D eigenvalue weighted by Crippen LogP contribution is -1.73. The molecule has 60 valence electrons. The molecule has 2 N–H and O–H groups in total. The standard InChI is InChI=1S/C9H7ClN2/c10-7-1-2-8-6(4-11)5-12-9(8)3-7/h1-5,11-12H. The largest absolute Gasteiger partial charge is 0.360 e. The summed E-state index contributed by atoms with van der Waals surface area (Å²) in [5.41, 5.74) is 1.86. The van der Waals surface area contributed by atoms with E-state index < -0.39 is 0 Å². The van der Waals surface area contributed by atoms with E-state index in [0.717, 1.165) is 16.5 Å². The maximum Gasteiger partial charge on any atom is 0.0475 e. The van der Waals surface area contributed by atoms with Crippen molar-refractivity contribution in [3.63, 3.8) is 0 Å². The van der Waals surface area contributed by atoms with Gasteiger partial charge in [0.15, 0.2) is 0 Å². The number of benzene rings is 1. The molecular weight excluding hydrogens is 172 g/mol. The molecule has 0 unspecified atom stereocenters.